The van der Waals surface area contributed by atoms with Crippen molar-refractivity contribution in [3.8, 4) is 0 Å². The maximum absolute atomic E-state index is 13.1. The summed E-state index contributed by atoms with van der Waals surface area (Å²) in [6.07, 6.45) is 3.57. The second-order valence-corrected chi connectivity index (χ2v) is 5.26. The molecule has 0 saturated carbocycles. The summed E-state index contributed by atoms with van der Waals surface area (Å²) in [6, 6.07) is 4.04. The van der Waals surface area contributed by atoms with Gasteiger partial charge < -0.3 is 5.11 Å². The molecule has 3 nitrogen and oxygen atoms in total. The summed E-state index contributed by atoms with van der Waals surface area (Å²) in [5, 5.41) is 9.13. The van der Waals surface area contributed by atoms with Crippen molar-refractivity contribution in [3.63, 3.8) is 0 Å². The van der Waals surface area contributed by atoms with Crippen LogP contribution in [-0.4, -0.2) is 29.1 Å². The van der Waals surface area contributed by atoms with Gasteiger partial charge in [0, 0.05) is 13.1 Å². The van der Waals surface area contributed by atoms with Crippen LogP contribution in [0.2, 0.25) is 0 Å². The number of hydrogen-bond acceptors (Lipinski definition) is 2. The Balaban J connectivity index is 2.12. The number of carboxylic acids is 1. The van der Waals surface area contributed by atoms with Gasteiger partial charge in [-0.2, -0.15) is 0 Å². The van der Waals surface area contributed by atoms with Gasteiger partial charge in [0.1, 0.15) is 5.82 Å². The van der Waals surface area contributed by atoms with Crippen LogP contribution < -0.4 is 0 Å². The molecule has 1 fully saturated rings. The largest absolute Gasteiger partial charge is 0.478 e. The van der Waals surface area contributed by atoms with Gasteiger partial charge in [0.25, 0.3) is 0 Å². The van der Waals surface area contributed by atoms with E-state index in [9.17, 15) is 9.18 Å². The molecule has 1 aromatic rings. The molecule has 104 valence electrons. The number of carbonyl (C=O) groups is 1. The number of aromatic carboxylic acids is 1. The highest BCUT2D eigenvalue weighted by Gasteiger charge is 2.20. The number of rotatable bonds is 4. The molecular formula is C15H20FNO2. The quantitative estimate of drug-likeness (QED) is 0.909. The number of benzene rings is 1. The number of nitrogens with zero attached hydrogens (tertiary/aromatic N) is 1. The zero-order chi connectivity index (χ0) is 13.8. The van der Waals surface area contributed by atoms with Crippen LogP contribution in [0.3, 0.4) is 0 Å². The summed E-state index contributed by atoms with van der Waals surface area (Å²) in [4.78, 5) is 13.4. The number of hydrogen-bond donors (Lipinski definition) is 1. The van der Waals surface area contributed by atoms with Gasteiger partial charge in [0.2, 0.25) is 0 Å². The van der Waals surface area contributed by atoms with Crippen LogP contribution in [0.25, 0.3) is 0 Å². The summed E-state index contributed by atoms with van der Waals surface area (Å²) >= 11 is 0. The summed E-state index contributed by atoms with van der Waals surface area (Å²) < 4.78 is 13.1. The van der Waals surface area contributed by atoms with Crippen LogP contribution in [0.15, 0.2) is 18.2 Å². The van der Waals surface area contributed by atoms with Gasteiger partial charge in [-0.05, 0) is 43.0 Å². The minimum Gasteiger partial charge on any atom is -0.478 e. The highest BCUT2D eigenvalue weighted by Crippen LogP contribution is 2.22. The van der Waals surface area contributed by atoms with Crippen molar-refractivity contribution in [2.45, 2.75) is 32.7 Å². The first kappa shape index (κ1) is 14.0. The second kappa shape index (κ2) is 6.15. The zero-order valence-corrected chi connectivity index (χ0v) is 11.2. The Hall–Kier alpha value is -1.42. The lowest BCUT2D eigenvalue weighted by molar-refractivity contribution is 0.0693. The molecule has 1 heterocycles. The maximum Gasteiger partial charge on any atom is 0.336 e. The third kappa shape index (κ3) is 3.53. The van der Waals surface area contributed by atoms with Gasteiger partial charge in [-0.25, -0.2) is 9.18 Å². The molecule has 1 atom stereocenters. The smallest absolute Gasteiger partial charge is 0.336 e. The average Bonchev–Trinajstić information content (AvgIpc) is 2.41. The highest BCUT2D eigenvalue weighted by molar-refractivity contribution is 5.89. The van der Waals surface area contributed by atoms with Crippen molar-refractivity contribution in [1.82, 2.24) is 4.90 Å². The van der Waals surface area contributed by atoms with Crippen molar-refractivity contribution in [2.24, 2.45) is 5.92 Å². The lowest BCUT2D eigenvalue weighted by Crippen LogP contribution is -2.35. The van der Waals surface area contributed by atoms with E-state index in [2.05, 4.69) is 11.8 Å². The maximum atomic E-state index is 13.1. The molecule has 0 aromatic heterocycles. The van der Waals surface area contributed by atoms with E-state index in [1.54, 1.807) is 6.07 Å². The molecule has 0 radical (unpaired) electrons. The van der Waals surface area contributed by atoms with Crippen LogP contribution in [0.1, 0.15) is 42.1 Å². The topological polar surface area (TPSA) is 40.5 Å². The first-order valence-corrected chi connectivity index (χ1v) is 6.84. The summed E-state index contributed by atoms with van der Waals surface area (Å²) in [6.45, 7) is 4.78. The highest BCUT2D eigenvalue weighted by atomic mass is 19.1. The van der Waals surface area contributed by atoms with E-state index in [1.165, 1.54) is 12.5 Å². The molecule has 2 rings (SSSR count). The molecule has 0 bridgehead atoms. The van der Waals surface area contributed by atoms with E-state index in [0.29, 0.717) is 18.0 Å². The van der Waals surface area contributed by atoms with E-state index in [4.69, 9.17) is 5.11 Å². The van der Waals surface area contributed by atoms with Gasteiger partial charge in [-0.3, -0.25) is 4.90 Å². The fraction of sp³-hybridized carbons (Fsp3) is 0.533. The third-order valence-electron chi connectivity index (χ3n) is 3.88. The Morgan fingerprint density at radius 1 is 1.53 bits per heavy atom. The van der Waals surface area contributed by atoms with Crippen LogP contribution in [0.4, 0.5) is 4.39 Å². The van der Waals surface area contributed by atoms with Gasteiger partial charge >= 0.3 is 5.97 Å². The van der Waals surface area contributed by atoms with Crippen molar-refractivity contribution >= 4 is 5.97 Å². The molecule has 0 amide bonds. The Kier molecular flexibility index (Phi) is 4.53. The van der Waals surface area contributed by atoms with E-state index < -0.39 is 11.8 Å². The fourth-order valence-electron chi connectivity index (χ4n) is 2.75. The van der Waals surface area contributed by atoms with E-state index in [0.717, 1.165) is 32.0 Å². The first-order chi connectivity index (χ1) is 9.10. The molecule has 1 N–H and O–H groups in total. The van der Waals surface area contributed by atoms with Gasteiger partial charge in [0.15, 0.2) is 0 Å². The predicted octanol–water partition coefficient (Wildman–Crippen LogP) is 3.15. The van der Waals surface area contributed by atoms with Crippen molar-refractivity contribution in [3.05, 3.63) is 35.1 Å². The Bertz CT molecular complexity index is 461. The molecule has 1 saturated heterocycles. The van der Waals surface area contributed by atoms with E-state index >= 15 is 0 Å². The molecule has 0 spiro atoms. The Labute approximate surface area is 113 Å². The summed E-state index contributed by atoms with van der Waals surface area (Å²) in [5.41, 5.74) is 0.782. The minimum absolute atomic E-state index is 0.0821. The second-order valence-electron chi connectivity index (χ2n) is 5.26. The lowest BCUT2D eigenvalue weighted by atomic mass is 9.95. The van der Waals surface area contributed by atoms with Gasteiger partial charge in [-0.1, -0.05) is 19.4 Å². The number of halogens is 1. The molecule has 1 unspecified atom stereocenters. The minimum atomic E-state index is -1.06. The summed E-state index contributed by atoms with van der Waals surface area (Å²) in [7, 11) is 0. The van der Waals surface area contributed by atoms with Crippen LogP contribution in [0.5, 0.6) is 0 Å². The molecule has 4 heteroatoms. The standard InChI is InChI=1S/C15H20FNO2/c1-2-11-4-3-7-17(9-11)10-12-5-6-13(16)8-14(12)15(18)19/h5-6,8,11H,2-4,7,9-10H2,1H3,(H,18,19). The monoisotopic (exact) mass is 265 g/mol. The Morgan fingerprint density at radius 2 is 2.32 bits per heavy atom. The SMILES string of the molecule is CCC1CCCN(Cc2ccc(F)cc2C(=O)O)C1. The summed E-state index contributed by atoms with van der Waals surface area (Å²) in [5.74, 6) is -0.854. The van der Waals surface area contributed by atoms with E-state index in [-0.39, 0.29) is 5.56 Å². The van der Waals surface area contributed by atoms with Crippen LogP contribution >= 0.6 is 0 Å². The number of piperidine rings is 1. The molecule has 0 aliphatic carbocycles. The van der Waals surface area contributed by atoms with Crippen molar-refractivity contribution in [2.75, 3.05) is 13.1 Å². The van der Waals surface area contributed by atoms with Crippen molar-refractivity contribution in [1.29, 1.82) is 0 Å². The zero-order valence-electron chi connectivity index (χ0n) is 11.2. The van der Waals surface area contributed by atoms with E-state index in [1.807, 2.05) is 0 Å². The number of carboxylic acid groups (broad SMARTS) is 1. The van der Waals surface area contributed by atoms with Gasteiger partial charge in [-0.15, -0.1) is 0 Å². The Morgan fingerprint density at radius 3 is 3.00 bits per heavy atom. The molecule has 19 heavy (non-hydrogen) atoms. The molecule has 1 aliphatic rings. The molecular weight excluding hydrogens is 245 g/mol. The lowest BCUT2D eigenvalue weighted by Gasteiger charge is -2.32. The molecule has 1 aromatic carbocycles. The fourth-order valence-corrected chi connectivity index (χ4v) is 2.75. The van der Waals surface area contributed by atoms with Crippen LogP contribution in [-0.2, 0) is 6.54 Å². The number of likely N-dealkylation sites (tertiary alicyclic amines) is 1. The average molecular weight is 265 g/mol. The van der Waals surface area contributed by atoms with Gasteiger partial charge in [0.05, 0.1) is 5.56 Å². The van der Waals surface area contributed by atoms with Crippen molar-refractivity contribution < 1.29 is 14.3 Å². The third-order valence-corrected chi connectivity index (χ3v) is 3.88. The predicted molar refractivity (Wildman–Crippen MR) is 71.7 cm³/mol. The normalized spacial score (nSPS) is 20.4. The first-order valence-electron chi connectivity index (χ1n) is 6.84. The van der Waals surface area contributed by atoms with Crippen LogP contribution in [0, 0.1) is 11.7 Å². The molecule has 1 aliphatic heterocycles.